The Morgan fingerprint density at radius 3 is 2.37 bits per heavy atom. The van der Waals surface area contributed by atoms with E-state index in [0.717, 1.165) is 34.3 Å². The first kappa shape index (κ1) is 18.8. The summed E-state index contributed by atoms with van der Waals surface area (Å²) in [7, 11) is 0. The second-order valence-electron chi connectivity index (χ2n) is 6.05. The zero-order chi connectivity index (χ0) is 19.4. The smallest absolute Gasteiger partial charge is 0.267 e. The van der Waals surface area contributed by atoms with Crippen LogP contribution in [0.25, 0.3) is 0 Å². The second kappa shape index (κ2) is 8.13. The highest BCUT2D eigenvalue weighted by Crippen LogP contribution is 2.22. The average Bonchev–Trinajstić information content (AvgIpc) is 2.95. The lowest BCUT2D eigenvalue weighted by atomic mass is 10.2. The van der Waals surface area contributed by atoms with Gasteiger partial charge in [0.2, 0.25) is 5.95 Å². The van der Waals surface area contributed by atoms with Crippen LogP contribution in [0.15, 0.2) is 30.3 Å². The lowest BCUT2D eigenvalue weighted by molar-refractivity contribution is 0.103. The predicted octanol–water partition coefficient (Wildman–Crippen LogP) is 4.29. The third-order valence-corrected chi connectivity index (χ3v) is 4.79. The maximum Gasteiger partial charge on any atom is 0.267 e. The number of aromatic nitrogens is 3. The van der Waals surface area contributed by atoms with E-state index in [9.17, 15) is 4.79 Å². The van der Waals surface area contributed by atoms with Crippen LogP contribution in [0.5, 0.6) is 0 Å². The molecular weight excluding hydrogens is 360 g/mol. The summed E-state index contributed by atoms with van der Waals surface area (Å²) in [4.78, 5) is 26.1. The summed E-state index contributed by atoms with van der Waals surface area (Å²) in [5.41, 5.74) is 3.23. The van der Waals surface area contributed by atoms with Crippen molar-refractivity contribution >= 4 is 40.4 Å². The Bertz CT molecular complexity index is 951. The maximum absolute atomic E-state index is 12.4. The van der Waals surface area contributed by atoms with Crippen LogP contribution in [0, 0.1) is 20.8 Å². The van der Waals surface area contributed by atoms with Crippen LogP contribution in [0.2, 0.25) is 0 Å². The summed E-state index contributed by atoms with van der Waals surface area (Å²) < 4.78 is 0. The van der Waals surface area contributed by atoms with Crippen LogP contribution < -0.4 is 16.0 Å². The van der Waals surface area contributed by atoms with Crippen LogP contribution in [0.3, 0.4) is 0 Å². The fourth-order valence-electron chi connectivity index (χ4n) is 2.58. The molecule has 1 aromatic carbocycles. The van der Waals surface area contributed by atoms with Gasteiger partial charge < -0.3 is 16.0 Å². The van der Waals surface area contributed by atoms with Crippen LogP contribution in [0.4, 0.5) is 23.1 Å². The normalized spacial score (nSPS) is 10.5. The van der Waals surface area contributed by atoms with E-state index < -0.39 is 0 Å². The molecule has 140 valence electrons. The summed E-state index contributed by atoms with van der Waals surface area (Å²) in [5, 5.41) is 10.2. The van der Waals surface area contributed by atoms with Gasteiger partial charge in [0.05, 0.1) is 10.7 Å². The number of nitrogens with one attached hydrogen (secondary N) is 3. The molecule has 0 aliphatic rings. The number of aryl methyl sites for hydroxylation is 3. The Kier molecular flexibility index (Phi) is 5.66. The van der Waals surface area contributed by atoms with E-state index in [1.807, 2.05) is 58.0 Å². The Balaban J connectivity index is 1.68. The molecule has 7 nitrogen and oxygen atoms in total. The van der Waals surface area contributed by atoms with Gasteiger partial charge in [-0.25, -0.2) is 9.97 Å². The summed E-state index contributed by atoms with van der Waals surface area (Å²) in [6, 6.07) is 9.37. The van der Waals surface area contributed by atoms with Crippen molar-refractivity contribution in [2.24, 2.45) is 0 Å². The van der Waals surface area contributed by atoms with Crippen molar-refractivity contribution in [2.45, 2.75) is 27.7 Å². The number of hydrogen-bond donors (Lipinski definition) is 3. The van der Waals surface area contributed by atoms with Gasteiger partial charge in [0.15, 0.2) is 0 Å². The third kappa shape index (κ3) is 4.79. The first-order valence-corrected chi connectivity index (χ1v) is 9.48. The second-order valence-corrected chi connectivity index (χ2v) is 7.26. The molecule has 3 rings (SSSR count). The van der Waals surface area contributed by atoms with Gasteiger partial charge in [0.25, 0.3) is 5.91 Å². The van der Waals surface area contributed by atoms with Gasteiger partial charge in [-0.1, -0.05) is 0 Å². The molecule has 0 atom stereocenters. The van der Waals surface area contributed by atoms with Crippen LogP contribution in [0.1, 0.15) is 33.0 Å². The summed E-state index contributed by atoms with van der Waals surface area (Å²) >= 11 is 1.40. The molecule has 3 N–H and O–H groups in total. The number of amides is 1. The van der Waals surface area contributed by atoms with Gasteiger partial charge in [-0.15, -0.1) is 11.3 Å². The molecule has 2 heterocycles. The van der Waals surface area contributed by atoms with Gasteiger partial charge >= 0.3 is 0 Å². The fraction of sp³-hybridized carbons (Fsp3) is 0.263. The molecule has 0 saturated heterocycles. The minimum Gasteiger partial charge on any atom is -0.354 e. The van der Waals surface area contributed by atoms with Gasteiger partial charge in [0.1, 0.15) is 10.7 Å². The first-order valence-electron chi connectivity index (χ1n) is 8.66. The molecule has 0 unspecified atom stereocenters. The number of carbonyl (C=O) groups is 1. The van der Waals surface area contributed by atoms with Crippen molar-refractivity contribution in [3.8, 4) is 0 Å². The first-order chi connectivity index (χ1) is 12.9. The highest BCUT2D eigenvalue weighted by Gasteiger charge is 2.13. The van der Waals surface area contributed by atoms with Crippen molar-refractivity contribution in [1.82, 2.24) is 15.0 Å². The van der Waals surface area contributed by atoms with E-state index in [0.29, 0.717) is 16.6 Å². The number of hydrogen-bond acceptors (Lipinski definition) is 7. The topological polar surface area (TPSA) is 91.8 Å². The fourth-order valence-corrected chi connectivity index (χ4v) is 3.40. The molecule has 2 aromatic heterocycles. The molecule has 0 radical (unpaired) electrons. The minimum absolute atomic E-state index is 0.138. The highest BCUT2D eigenvalue weighted by atomic mass is 32.1. The predicted molar refractivity (Wildman–Crippen MR) is 110 cm³/mol. The summed E-state index contributed by atoms with van der Waals surface area (Å²) in [5.74, 6) is 1.17. The van der Waals surface area contributed by atoms with Crippen molar-refractivity contribution in [3.63, 3.8) is 0 Å². The highest BCUT2D eigenvalue weighted by molar-refractivity contribution is 7.13. The number of nitrogens with zero attached hydrogens (tertiary/aromatic N) is 3. The Labute approximate surface area is 162 Å². The number of benzene rings is 1. The van der Waals surface area contributed by atoms with E-state index in [1.165, 1.54) is 11.3 Å². The zero-order valence-corrected chi connectivity index (χ0v) is 16.6. The van der Waals surface area contributed by atoms with Crippen molar-refractivity contribution < 1.29 is 4.79 Å². The molecule has 0 fully saturated rings. The van der Waals surface area contributed by atoms with E-state index in [4.69, 9.17) is 0 Å². The van der Waals surface area contributed by atoms with E-state index in [2.05, 4.69) is 30.9 Å². The molecule has 0 spiro atoms. The van der Waals surface area contributed by atoms with Crippen LogP contribution >= 0.6 is 11.3 Å². The Morgan fingerprint density at radius 1 is 1.04 bits per heavy atom. The lowest BCUT2D eigenvalue weighted by Crippen LogP contribution is -2.11. The van der Waals surface area contributed by atoms with Gasteiger partial charge in [-0.2, -0.15) is 4.98 Å². The summed E-state index contributed by atoms with van der Waals surface area (Å²) in [6.07, 6.45) is 0. The van der Waals surface area contributed by atoms with E-state index >= 15 is 0 Å². The number of rotatable bonds is 6. The Hall–Kier alpha value is -3.00. The lowest BCUT2D eigenvalue weighted by Gasteiger charge is -2.10. The standard InChI is InChI=1S/C19H22N6OS/c1-5-20-19-21-11(2)10-16(25-19)23-14-6-8-15(9-7-14)24-18(26)17-12(3)22-13(4)27-17/h6-10H,5H2,1-4H3,(H,24,26)(H2,20,21,23,25). The molecule has 3 aromatic rings. The number of thiazole rings is 1. The Morgan fingerprint density at radius 2 is 1.74 bits per heavy atom. The largest absolute Gasteiger partial charge is 0.354 e. The molecular formula is C19H22N6OS. The third-order valence-electron chi connectivity index (χ3n) is 3.71. The van der Waals surface area contributed by atoms with E-state index in [1.54, 1.807) is 0 Å². The van der Waals surface area contributed by atoms with E-state index in [-0.39, 0.29) is 5.91 Å². The monoisotopic (exact) mass is 382 g/mol. The van der Waals surface area contributed by atoms with Crippen LogP contribution in [-0.2, 0) is 0 Å². The van der Waals surface area contributed by atoms with Gasteiger partial charge in [-0.3, -0.25) is 4.79 Å². The molecule has 27 heavy (non-hydrogen) atoms. The quantitative estimate of drug-likeness (QED) is 0.589. The minimum atomic E-state index is -0.138. The average molecular weight is 382 g/mol. The molecule has 1 amide bonds. The van der Waals surface area contributed by atoms with Crippen molar-refractivity contribution in [3.05, 3.63) is 51.6 Å². The van der Waals surface area contributed by atoms with Crippen LogP contribution in [-0.4, -0.2) is 27.4 Å². The molecule has 0 saturated carbocycles. The SMILES string of the molecule is CCNc1nc(C)cc(Nc2ccc(NC(=O)c3sc(C)nc3C)cc2)n1. The number of anilines is 4. The maximum atomic E-state index is 12.4. The van der Waals surface area contributed by atoms with Gasteiger partial charge in [0, 0.05) is 29.7 Å². The molecule has 0 aliphatic heterocycles. The molecule has 0 aliphatic carbocycles. The van der Waals surface area contributed by atoms with Gasteiger partial charge in [-0.05, 0) is 52.0 Å². The summed E-state index contributed by atoms with van der Waals surface area (Å²) in [6.45, 7) is 8.42. The van der Waals surface area contributed by atoms with Crippen molar-refractivity contribution in [2.75, 3.05) is 22.5 Å². The molecule has 8 heteroatoms. The molecule has 0 bridgehead atoms. The number of carbonyl (C=O) groups excluding carboxylic acids is 1. The zero-order valence-electron chi connectivity index (χ0n) is 15.8. The van der Waals surface area contributed by atoms with Crippen molar-refractivity contribution in [1.29, 1.82) is 0 Å².